The van der Waals surface area contributed by atoms with Crippen LogP contribution in [0.2, 0.25) is 0 Å². The lowest BCUT2D eigenvalue weighted by atomic mass is 9.94. The highest BCUT2D eigenvalue weighted by Crippen LogP contribution is 2.43. The van der Waals surface area contributed by atoms with Crippen LogP contribution >= 0.6 is 0 Å². The van der Waals surface area contributed by atoms with E-state index in [-0.39, 0.29) is 61.9 Å². The molecule has 0 aromatic heterocycles. The standard InChI is InChI=1S/C110H166O22/c1-9-13-17-27-51-119-73-91(74-120-52-28-18-14-10-2)81-127-85-95(86-128-82-92(75-121-53-29-19-15-11-3)76-122-54-30-20-16-12-4)89-131-109-71-108(106-49-45-104(46-50-106)102-41-37-100(38-42-102)98-33-25-22-26-34-98)110(72-107(109)105-47-43-103(44-48-105)101-39-35-99(36-40-101)97-31-23-21-24-32-97)132-90-96(87-129-83-93(77-123-67-63-115-59-55-111-5)78-124-68-64-116-60-56-112-6)88-130-84-94(79-125-69-65-117-61-57-113-7)80-126-70-66-118-62-58-114-8/h21-26,31-50,71-72,91-96H,9-20,27-30,51-70,73-90H2,1-8H3. The zero-order chi connectivity index (χ0) is 93.1. The number of hydrogen-bond acceptors (Lipinski definition) is 22. The maximum Gasteiger partial charge on any atom is 0.128 e. The van der Waals surface area contributed by atoms with Crippen LogP contribution in [0.15, 0.2) is 170 Å². The first kappa shape index (κ1) is 112. The summed E-state index contributed by atoms with van der Waals surface area (Å²) in [6.45, 7) is 26.0. The molecule has 0 atom stereocenters. The van der Waals surface area contributed by atoms with Gasteiger partial charge in [0, 0.05) is 102 Å². The SMILES string of the molecule is CCCCCCOCC(COCCCCCC)COCC(COCC(COCCCCCC)COCCCCCC)COc1cc(-c2ccc(-c3ccc(-c4ccccc4)cc3)cc2)c(OCC(COCC(COCCOCCOC)COCCOCCOC)COCC(COCCOCCOC)COCCOCCOC)cc1-c1ccc(-c2ccc(-c3ccccc3)cc2)cc1. The van der Waals surface area contributed by atoms with Crippen LogP contribution < -0.4 is 9.47 Å². The molecule has 0 saturated carbocycles. The molecule has 22 heteroatoms. The minimum absolute atomic E-state index is 0.0318. The quantitative estimate of drug-likeness (QED) is 0.0325. The van der Waals surface area contributed by atoms with Crippen molar-refractivity contribution in [2.45, 2.75) is 130 Å². The van der Waals surface area contributed by atoms with E-state index in [1.165, 1.54) is 51.4 Å². The molecule has 7 aromatic carbocycles. The highest BCUT2D eigenvalue weighted by atomic mass is 16.6. The molecule has 0 fully saturated rings. The normalized spacial score (nSPS) is 11.9. The molecule has 7 aromatic rings. The highest BCUT2D eigenvalue weighted by Gasteiger charge is 2.25. The minimum Gasteiger partial charge on any atom is -0.492 e. The van der Waals surface area contributed by atoms with E-state index in [1.807, 2.05) is 12.1 Å². The van der Waals surface area contributed by atoms with E-state index < -0.39 is 0 Å². The van der Waals surface area contributed by atoms with Crippen molar-refractivity contribution in [1.29, 1.82) is 0 Å². The third-order valence-corrected chi connectivity index (χ3v) is 22.5. The summed E-state index contributed by atoms with van der Waals surface area (Å²) in [4.78, 5) is 0. The minimum atomic E-state index is -0.313. The molecule has 0 radical (unpaired) electrons. The summed E-state index contributed by atoms with van der Waals surface area (Å²) < 4.78 is 137. The van der Waals surface area contributed by atoms with Crippen LogP contribution in [-0.4, -0.2) is 280 Å². The lowest BCUT2D eigenvalue weighted by Crippen LogP contribution is -2.30. The predicted octanol–water partition coefficient (Wildman–Crippen LogP) is 21.3. The number of ether oxygens (including phenoxy) is 22. The third-order valence-electron chi connectivity index (χ3n) is 22.5. The second kappa shape index (κ2) is 76.4. The van der Waals surface area contributed by atoms with Gasteiger partial charge in [0.05, 0.1) is 225 Å². The third kappa shape index (κ3) is 50.4. The Morgan fingerprint density at radius 3 is 0.568 bits per heavy atom. The lowest BCUT2D eigenvalue weighted by Gasteiger charge is -2.25. The first-order chi connectivity index (χ1) is 65.3. The van der Waals surface area contributed by atoms with Gasteiger partial charge in [0.25, 0.3) is 0 Å². The molecule has 0 bridgehead atoms. The van der Waals surface area contributed by atoms with Gasteiger partial charge in [-0.05, 0) is 93.5 Å². The van der Waals surface area contributed by atoms with Gasteiger partial charge in [-0.15, -0.1) is 0 Å². The predicted molar refractivity (Wildman–Crippen MR) is 528 cm³/mol. The summed E-state index contributed by atoms with van der Waals surface area (Å²) in [6.07, 6.45) is 18.2. The van der Waals surface area contributed by atoms with Crippen LogP contribution in [0.1, 0.15) is 130 Å². The first-order valence-electron chi connectivity index (χ1n) is 49.4. The molecule has 0 unspecified atom stereocenters. The summed E-state index contributed by atoms with van der Waals surface area (Å²) in [5, 5.41) is 0. The van der Waals surface area contributed by atoms with E-state index in [4.69, 9.17) is 104 Å². The van der Waals surface area contributed by atoms with E-state index >= 15 is 0 Å². The van der Waals surface area contributed by atoms with Crippen molar-refractivity contribution in [3.8, 4) is 78.3 Å². The Bertz CT molecular complexity index is 3480. The Balaban J connectivity index is 1.32. The fourth-order valence-corrected chi connectivity index (χ4v) is 14.8. The smallest absolute Gasteiger partial charge is 0.128 e. The molecular weight excluding hydrogens is 1670 g/mol. The molecule has 0 aliphatic heterocycles. The van der Waals surface area contributed by atoms with E-state index in [1.54, 1.807) is 28.4 Å². The zero-order valence-corrected chi connectivity index (χ0v) is 81.8. The number of benzene rings is 7. The second-order valence-corrected chi connectivity index (χ2v) is 34.1. The Kier molecular flexibility index (Phi) is 65.0. The second-order valence-electron chi connectivity index (χ2n) is 34.1. The molecule has 7 rings (SSSR count). The summed E-state index contributed by atoms with van der Waals surface area (Å²) in [5.41, 5.74) is 12.5. The van der Waals surface area contributed by atoms with Crippen LogP contribution in [0.4, 0.5) is 0 Å². The van der Waals surface area contributed by atoms with Crippen molar-refractivity contribution < 1.29 is 104 Å². The van der Waals surface area contributed by atoms with Gasteiger partial charge in [-0.1, -0.05) is 262 Å². The Labute approximate surface area is 793 Å². The van der Waals surface area contributed by atoms with Crippen LogP contribution in [0, 0.1) is 35.5 Å². The van der Waals surface area contributed by atoms with Crippen molar-refractivity contribution in [3.05, 3.63) is 170 Å². The van der Waals surface area contributed by atoms with Gasteiger partial charge >= 0.3 is 0 Å². The molecule has 0 aliphatic carbocycles. The van der Waals surface area contributed by atoms with Crippen LogP contribution in [-0.2, 0) is 94.7 Å². The molecule has 738 valence electrons. The molecule has 0 spiro atoms. The van der Waals surface area contributed by atoms with Gasteiger partial charge in [0.1, 0.15) is 11.5 Å². The average Bonchev–Trinajstić information content (AvgIpc) is 0.785. The molecule has 0 amide bonds. The van der Waals surface area contributed by atoms with Crippen LogP contribution in [0.5, 0.6) is 11.5 Å². The van der Waals surface area contributed by atoms with E-state index in [9.17, 15) is 0 Å². The van der Waals surface area contributed by atoms with Crippen molar-refractivity contribution >= 4 is 0 Å². The summed E-state index contributed by atoms with van der Waals surface area (Å²) in [5.74, 6) is 0.563. The number of rotatable bonds is 88. The monoisotopic (exact) mass is 1840 g/mol. The highest BCUT2D eigenvalue weighted by molar-refractivity contribution is 5.83. The zero-order valence-electron chi connectivity index (χ0n) is 81.8. The van der Waals surface area contributed by atoms with E-state index in [2.05, 4.69) is 185 Å². The topological polar surface area (TPSA) is 203 Å². The van der Waals surface area contributed by atoms with Crippen molar-refractivity contribution in [2.24, 2.45) is 35.5 Å². The molecule has 0 N–H and O–H groups in total. The number of unbranched alkanes of at least 4 members (excludes halogenated alkanes) is 12. The van der Waals surface area contributed by atoms with E-state index in [0.29, 0.717) is 236 Å². The summed E-state index contributed by atoms with van der Waals surface area (Å²) in [7, 11) is 6.64. The van der Waals surface area contributed by atoms with Gasteiger partial charge in [-0.25, -0.2) is 0 Å². The van der Waals surface area contributed by atoms with Crippen LogP contribution in [0.3, 0.4) is 0 Å². The largest absolute Gasteiger partial charge is 0.492 e. The summed E-state index contributed by atoms with van der Waals surface area (Å²) >= 11 is 0. The fraction of sp³-hybridized carbons (Fsp3) is 0.618. The first-order valence-corrected chi connectivity index (χ1v) is 49.4. The summed E-state index contributed by atoms with van der Waals surface area (Å²) in [6, 6.07) is 60.3. The van der Waals surface area contributed by atoms with Crippen molar-refractivity contribution in [1.82, 2.24) is 0 Å². The van der Waals surface area contributed by atoms with E-state index in [0.717, 1.165) is 118 Å². The maximum absolute atomic E-state index is 7.50. The molecule has 0 heterocycles. The van der Waals surface area contributed by atoms with Gasteiger partial charge in [0.2, 0.25) is 0 Å². The van der Waals surface area contributed by atoms with Crippen molar-refractivity contribution in [3.63, 3.8) is 0 Å². The van der Waals surface area contributed by atoms with Gasteiger partial charge in [-0.3, -0.25) is 0 Å². The average molecular weight is 1840 g/mol. The Morgan fingerprint density at radius 2 is 0.348 bits per heavy atom. The number of hydrogen-bond donors (Lipinski definition) is 0. The fourth-order valence-electron chi connectivity index (χ4n) is 14.8. The molecule has 22 nitrogen and oxygen atoms in total. The van der Waals surface area contributed by atoms with Gasteiger partial charge in [0.15, 0.2) is 0 Å². The van der Waals surface area contributed by atoms with Crippen molar-refractivity contribution in [2.75, 3.05) is 280 Å². The van der Waals surface area contributed by atoms with Gasteiger partial charge in [-0.2, -0.15) is 0 Å². The van der Waals surface area contributed by atoms with Gasteiger partial charge < -0.3 is 104 Å². The van der Waals surface area contributed by atoms with Crippen LogP contribution in [0.25, 0.3) is 66.8 Å². The Hall–Kier alpha value is -6.66. The molecular formula is C110H166O22. The maximum atomic E-state index is 7.50. The molecule has 0 saturated heterocycles. The molecule has 132 heavy (non-hydrogen) atoms. The Morgan fingerprint density at radius 1 is 0.167 bits per heavy atom. The lowest BCUT2D eigenvalue weighted by molar-refractivity contribution is -0.0553. The number of methoxy groups -OCH3 is 4. The molecule has 0 aliphatic rings.